The molecular formula is C13H18ClN. The monoisotopic (exact) mass is 223 g/mol. The van der Waals surface area contributed by atoms with Crippen LogP contribution >= 0.6 is 11.6 Å². The number of hydrogen-bond acceptors (Lipinski definition) is 1. The fourth-order valence-corrected chi connectivity index (χ4v) is 2.39. The maximum absolute atomic E-state index is 6.20. The molecule has 1 aromatic rings. The Morgan fingerprint density at radius 3 is 2.40 bits per heavy atom. The lowest BCUT2D eigenvalue weighted by molar-refractivity contribution is 0.471. The van der Waals surface area contributed by atoms with Crippen LogP contribution in [-0.2, 0) is 0 Å². The van der Waals surface area contributed by atoms with E-state index in [4.69, 9.17) is 17.3 Å². The van der Waals surface area contributed by atoms with Crippen molar-refractivity contribution in [2.24, 2.45) is 11.7 Å². The average molecular weight is 224 g/mol. The lowest BCUT2D eigenvalue weighted by Crippen LogP contribution is -2.28. The van der Waals surface area contributed by atoms with Gasteiger partial charge in [-0.3, -0.25) is 0 Å². The Morgan fingerprint density at radius 1 is 1.33 bits per heavy atom. The molecule has 0 aliphatic heterocycles. The minimum Gasteiger partial charge on any atom is -0.327 e. The van der Waals surface area contributed by atoms with Crippen LogP contribution in [0.4, 0.5) is 0 Å². The zero-order valence-electron chi connectivity index (χ0n) is 9.12. The van der Waals surface area contributed by atoms with Gasteiger partial charge in [0.2, 0.25) is 0 Å². The van der Waals surface area contributed by atoms with Crippen LogP contribution in [0.2, 0.25) is 5.02 Å². The van der Waals surface area contributed by atoms with Crippen LogP contribution < -0.4 is 5.73 Å². The van der Waals surface area contributed by atoms with Crippen molar-refractivity contribution in [3.05, 3.63) is 34.9 Å². The summed E-state index contributed by atoms with van der Waals surface area (Å²) in [5.74, 6) is 1.34. The first-order valence-electron chi connectivity index (χ1n) is 5.73. The van der Waals surface area contributed by atoms with Crippen LogP contribution in [0.25, 0.3) is 0 Å². The third kappa shape index (κ3) is 2.53. The molecule has 2 unspecified atom stereocenters. The molecule has 2 heteroatoms. The largest absolute Gasteiger partial charge is 0.327 e. The highest BCUT2D eigenvalue weighted by Gasteiger charge is 2.35. The lowest BCUT2D eigenvalue weighted by Gasteiger charge is -2.23. The number of hydrogen-bond donors (Lipinski definition) is 1. The van der Waals surface area contributed by atoms with E-state index in [2.05, 4.69) is 19.1 Å². The first kappa shape index (κ1) is 11.0. The summed E-state index contributed by atoms with van der Waals surface area (Å²) in [4.78, 5) is 0. The first-order valence-corrected chi connectivity index (χ1v) is 6.11. The maximum Gasteiger partial charge on any atom is 0.0406 e. The van der Waals surface area contributed by atoms with Gasteiger partial charge in [0, 0.05) is 17.0 Å². The maximum atomic E-state index is 6.20. The fraction of sp³-hybridized carbons (Fsp3) is 0.538. The Kier molecular flexibility index (Phi) is 3.32. The van der Waals surface area contributed by atoms with Crippen molar-refractivity contribution in [1.82, 2.24) is 0 Å². The standard InChI is InChI=1S/C13H18ClN/c1-2-12(15)13(9-3-4-9)10-5-7-11(14)8-6-10/h5-9,12-13H,2-4,15H2,1H3. The van der Waals surface area contributed by atoms with E-state index < -0.39 is 0 Å². The summed E-state index contributed by atoms with van der Waals surface area (Å²) < 4.78 is 0. The van der Waals surface area contributed by atoms with Crippen LogP contribution in [-0.4, -0.2) is 6.04 Å². The Labute approximate surface area is 96.6 Å². The van der Waals surface area contributed by atoms with Gasteiger partial charge in [-0.1, -0.05) is 30.7 Å². The lowest BCUT2D eigenvalue weighted by atomic mass is 9.86. The van der Waals surface area contributed by atoms with Crippen LogP contribution in [0.15, 0.2) is 24.3 Å². The highest BCUT2D eigenvalue weighted by atomic mass is 35.5. The van der Waals surface area contributed by atoms with E-state index in [9.17, 15) is 0 Å². The van der Waals surface area contributed by atoms with Crippen molar-refractivity contribution in [2.75, 3.05) is 0 Å². The van der Waals surface area contributed by atoms with Crippen molar-refractivity contribution in [3.8, 4) is 0 Å². The Morgan fingerprint density at radius 2 is 1.93 bits per heavy atom. The quantitative estimate of drug-likeness (QED) is 0.830. The molecule has 0 heterocycles. The molecule has 0 amide bonds. The molecule has 2 atom stereocenters. The smallest absolute Gasteiger partial charge is 0.0406 e. The Hall–Kier alpha value is -0.530. The van der Waals surface area contributed by atoms with Gasteiger partial charge in [-0.05, 0) is 42.9 Å². The average Bonchev–Trinajstić information content (AvgIpc) is 3.05. The second kappa shape index (κ2) is 4.54. The van der Waals surface area contributed by atoms with E-state index in [1.54, 1.807) is 0 Å². The van der Waals surface area contributed by atoms with Crippen LogP contribution in [0, 0.1) is 5.92 Å². The van der Waals surface area contributed by atoms with E-state index >= 15 is 0 Å². The molecule has 2 N–H and O–H groups in total. The van der Waals surface area contributed by atoms with Crippen molar-refractivity contribution >= 4 is 11.6 Å². The summed E-state index contributed by atoms with van der Waals surface area (Å²) in [5, 5.41) is 0.804. The summed E-state index contributed by atoms with van der Waals surface area (Å²) in [5.41, 5.74) is 7.55. The SMILES string of the molecule is CCC(N)C(c1ccc(Cl)cc1)C1CC1. The summed E-state index contributed by atoms with van der Waals surface area (Å²) >= 11 is 5.89. The topological polar surface area (TPSA) is 26.0 Å². The van der Waals surface area contributed by atoms with Crippen molar-refractivity contribution in [2.45, 2.75) is 38.1 Å². The van der Waals surface area contributed by atoms with E-state index in [-0.39, 0.29) is 0 Å². The number of rotatable bonds is 4. The Balaban J connectivity index is 2.20. The first-order chi connectivity index (χ1) is 7.22. The fourth-order valence-electron chi connectivity index (χ4n) is 2.26. The highest BCUT2D eigenvalue weighted by molar-refractivity contribution is 6.30. The molecule has 82 valence electrons. The summed E-state index contributed by atoms with van der Waals surface area (Å²) in [6.07, 6.45) is 3.71. The van der Waals surface area contributed by atoms with Crippen LogP contribution in [0.3, 0.4) is 0 Å². The molecule has 1 saturated carbocycles. The molecule has 0 saturated heterocycles. The van der Waals surface area contributed by atoms with E-state index in [1.807, 2.05) is 12.1 Å². The Bertz CT molecular complexity index is 316. The summed E-state index contributed by atoms with van der Waals surface area (Å²) in [7, 11) is 0. The zero-order chi connectivity index (χ0) is 10.8. The minimum atomic E-state index is 0.290. The van der Waals surface area contributed by atoms with E-state index in [0.717, 1.165) is 17.4 Å². The van der Waals surface area contributed by atoms with Crippen LogP contribution in [0.5, 0.6) is 0 Å². The van der Waals surface area contributed by atoms with Gasteiger partial charge in [-0.2, -0.15) is 0 Å². The molecular weight excluding hydrogens is 206 g/mol. The van der Waals surface area contributed by atoms with Crippen LogP contribution in [0.1, 0.15) is 37.7 Å². The molecule has 0 aromatic heterocycles. The third-order valence-corrected chi connectivity index (χ3v) is 3.57. The predicted octanol–water partition coefficient (Wildman–Crippen LogP) is 3.57. The molecule has 15 heavy (non-hydrogen) atoms. The van der Waals surface area contributed by atoms with Crippen molar-refractivity contribution in [3.63, 3.8) is 0 Å². The number of nitrogens with two attached hydrogens (primary N) is 1. The van der Waals surface area contributed by atoms with Crippen molar-refractivity contribution in [1.29, 1.82) is 0 Å². The van der Waals surface area contributed by atoms with Crippen molar-refractivity contribution < 1.29 is 0 Å². The normalized spacial score (nSPS) is 19.9. The minimum absolute atomic E-state index is 0.290. The molecule has 0 bridgehead atoms. The highest BCUT2D eigenvalue weighted by Crippen LogP contribution is 2.44. The zero-order valence-corrected chi connectivity index (χ0v) is 9.87. The van der Waals surface area contributed by atoms with Gasteiger partial charge in [0.05, 0.1) is 0 Å². The van der Waals surface area contributed by atoms with Gasteiger partial charge >= 0.3 is 0 Å². The molecule has 0 radical (unpaired) electrons. The van der Waals surface area contributed by atoms with E-state index in [1.165, 1.54) is 18.4 Å². The molecule has 1 nitrogen and oxygen atoms in total. The molecule has 1 aliphatic carbocycles. The molecule has 2 rings (SSSR count). The number of benzene rings is 1. The van der Waals surface area contributed by atoms with Gasteiger partial charge in [-0.25, -0.2) is 0 Å². The summed E-state index contributed by atoms with van der Waals surface area (Å²) in [6, 6.07) is 8.48. The van der Waals surface area contributed by atoms with Gasteiger partial charge in [0.15, 0.2) is 0 Å². The second-order valence-electron chi connectivity index (χ2n) is 4.49. The van der Waals surface area contributed by atoms with Gasteiger partial charge in [0.1, 0.15) is 0 Å². The molecule has 0 spiro atoms. The second-order valence-corrected chi connectivity index (χ2v) is 4.92. The molecule has 1 aliphatic rings. The predicted molar refractivity (Wildman–Crippen MR) is 65.2 cm³/mol. The van der Waals surface area contributed by atoms with Gasteiger partial charge in [-0.15, -0.1) is 0 Å². The number of halogens is 1. The molecule has 1 aromatic carbocycles. The third-order valence-electron chi connectivity index (χ3n) is 3.32. The van der Waals surface area contributed by atoms with Gasteiger partial charge < -0.3 is 5.73 Å². The molecule has 1 fully saturated rings. The summed E-state index contributed by atoms with van der Waals surface area (Å²) in [6.45, 7) is 2.16. The van der Waals surface area contributed by atoms with Gasteiger partial charge in [0.25, 0.3) is 0 Å². The van der Waals surface area contributed by atoms with E-state index in [0.29, 0.717) is 12.0 Å².